The molecule has 0 unspecified atom stereocenters. The maximum atomic E-state index is 11.4. The number of carbonyl (C=O) groups is 1. The van der Waals surface area contributed by atoms with E-state index in [1.807, 2.05) is 37.6 Å². The predicted octanol–water partition coefficient (Wildman–Crippen LogP) is 3.51. The number of carbonyl (C=O) groups excluding carboxylic acids is 1. The van der Waals surface area contributed by atoms with Crippen molar-refractivity contribution in [3.05, 3.63) is 47.3 Å². The molecule has 29 heavy (non-hydrogen) atoms. The highest BCUT2D eigenvalue weighted by molar-refractivity contribution is 14.0. The molecule has 0 saturated carbocycles. The lowest BCUT2D eigenvalue weighted by Crippen LogP contribution is -2.37. The van der Waals surface area contributed by atoms with Crippen LogP contribution in [-0.4, -0.2) is 41.4 Å². The Labute approximate surface area is 190 Å². The summed E-state index contributed by atoms with van der Waals surface area (Å²) in [7, 11) is 0. The number of rotatable bonds is 9. The van der Waals surface area contributed by atoms with Crippen molar-refractivity contribution in [3.8, 4) is 5.69 Å². The van der Waals surface area contributed by atoms with Crippen molar-refractivity contribution in [2.75, 3.05) is 19.7 Å². The number of halogens is 1. The van der Waals surface area contributed by atoms with Crippen LogP contribution in [0.3, 0.4) is 0 Å². The number of ether oxygens (including phenoxy) is 1. The summed E-state index contributed by atoms with van der Waals surface area (Å²) in [5.41, 5.74) is 4.22. The third kappa shape index (κ3) is 8.04. The molecule has 0 amide bonds. The van der Waals surface area contributed by atoms with Crippen molar-refractivity contribution in [1.82, 2.24) is 20.4 Å². The van der Waals surface area contributed by atoms with E-state index in [9.17, 15) is 4.79 Å². The molecule has 2 N–H and O–H groups in total. The van der Waals surface area contributed by atoms with Crippen LogP contribution < -0.4 is 10.6 Å². The second-order valence-electron chi connectivity index (χ2n) is 6.50. The number of aromatic nitrogens is 2. The minimum absolute atomic E-state index is 0. The third-order valence-electron chi connectivity index (χ3n) is 4.14. The first kappa shape index (κ1) is 24.9. The molecule has 0 aliphatic heterocycles. The highest BCUT2D eigenvalue weighted by Crippen LogP contribution is 2.17. The van der Waals surface area contributed by atoms with Crippen LogP contribution in [0.2, 0.25) is 0 Å². The van der Waals surface area contributed by atoms with Gasteiger partial charge in [0.1, 0.15) is 0 Å². The summed E-state index contributed by atoms with van der Waals surface area (Å²) in [6, 6.07) is 10.2. The number of guanidine groups is 1. The number of hydrogen-bond acceptors (Lipinski definition) is 4. The van der Waals surface area contributed by atoms with Crippen LogP contribution in [0, 0.1) is 13.8 Å². The lowest BCUT2D eigenvalue weighted by atomic mass is 10.2. The topological polar surface area (TPSA) is 80.5 Å². The zero-order valence-electron chi connectivity index (χ0n) is 17.7. The fourth-order valence-corrected chi connectivity index (χ4v) is 2.90. The van der Waals surface area contributed by atoms with Gasteiger partial charge in [-0.25, -0.2) is 9.67 Å². The van der Waals surface area contributed by atoms with Crippen molar-refractivity contribution in [2.45, 2.75) is 47.1 Å². The van der Waals surface area contributed by atoms with Gasteiger partial charge in [-0.15, -0.1) is 24.0 Å². The molecule has 2 aromatic rings. The summed E-state index contributed by atoms with van der Waals surface area (Å²) >= 11 is 0. The Morgan fingerprint density at radius 2 is 1.97 bits per heavy atom. The van der Waals surface area contributed by atoms with Gasteiger partial charge in [0.15, 0.2) is 5.96 Å². The number of esters is 1. The number of benzene rings is 1. The van der Waals surface area contributed by atoms with Gasteiger partial charge in [-0.3, -0.25) is 4.79 Å². The normalized spacial score (nSPS) is 11.0. The maximum absolute atomic E-state index is 11.4. The first-order valence-corrected chi connectivity index (χ1v) is 9.84. The molecule has 8 heteroatoms. The van der Waals surface area contributed by atoms with E-state index in [1.165, 1.54) is 0 Å². The van der Waals surface area contributed by atoms with Gasteiger partial charge in [0.2, 0.25) is 0 Å². The maximum Gasteiger partial charge on any atom is 0.305 e. The fourth-order valence-electron chi connectivity index (χ4n) is 2.90. The van der Waals surface area contributed by atoms with Crippen molar-refractivity contribution in [2.24, 2.45) is 4.99 Å². The number of nitrogens with one attached hydrogen (secondary N) is 2. The molecule has 2 rings (SSSR count). The summed E-state index contributed by atoms with van der Waals surface area (Å²) in [4.78, 5) is 16.1. The minimum Gasteiger partial charge on any atom is -0.466 e. The molecule has 0 fully saturated rings. The zero-order valence-corrected chi connectivity index (χ0v) is 20.0. The van der Waals surface area contributed by atoms with Gasteiger partial charge >= 0.3 is 5.97 Å². The zero-order chi connectivity index (χ0) is 20.4. The van der Waals surface area contributed by atoms with E-state index >= 15 is 0 Å². The van der Waals surface area contributed by atoms with E-state index in [0.717, 1.165) is 35.1 Å². The van der Waals surface area contributed by atoms with Crippen LogP contribution in [0.25, 0.3) is 5.69 Å². The van der Waals surface area contributed by atoms with Crippen molar-refractivity contribution in [1.29, 1.82) is 0 Å². The fraction of sp³-hybridized carbons (Fsp3) is 0.476. The Bertz CT molecular complexity index is 804. The number of hydrogen-bond donors (Lipinski definition) is 2. The van der Waals surface area contributed by atoms with E-state index < -0.39 is 0 Å². The molecular formula is C21H32IN5O2. The van der Waals surface area contributed by atoms with Gasteiger partial charge in [-0.05, 0) is 51.8 Å². The van der Waals surface area contributed by atoms with Crippen LogP contribution in [0.5, 0.6) is 0 Å². The van der Waals surface area contributed by atoms with E-state index in [1.54, 1.807) is 0 Å². The first-order valence-electron chi connectivity index (χ1n) is 9.84. The van der Waals surface area contributed by atoms with Gasteiger partial charge in [0.25, 0.3) is 0 Å². The number of aliphatic imine (C=N–C) groups is 1. The highest BCUT2D eigenvalue weighted by atomic mass is 127. The Kier molecular flexibility index (Phi) is 11.3. The molecule has 0 spiro atoms. The molecule has 0 saturated heterocycles. The highest BCUT2D eigenvalue weighted by Gasteiger charge is 2.09. The standard InChI is InChI=1S/C21H31N5O2.HI/c1-5-22-21(23-13-9-12-20(27)28-6-2)24-15-18-10-7-8-11-19(18)26-17(4)14-16(3)25-26;/h7-8,10-11,14H,5-6,9,12-13,15H2,1-4H3,(H2,22,23,24);1H. The van der Waals surface area contributed by atoms with Gasteiger partial charge in [0, 0.05) is 25.2 Å². The molecule has 1 aromatic heterocycles. The predicted molar refractivity (Wildman–Crippen MR) is 127 cm³/mol. The van der Waals surface area contributed by atoms with E-state index in [4.69, 9.17) is 9.73 Å². The lowest BCUT2D eigenvalue weighted by Gasteiger charge is -2.13. The summed E-state index contributed by atoms with van der Waals surface area (Å²) < 4.78 is 6.91. The molecule has 0 bridgehead atoms. The molecule has 0 aliphatic carbocycles. The Morgan fingerprint density at radius 1 is 1.21 bits per heavy atom. The third-order valence-corrected chi connectivity index (χ3v) is 4.14. The van der Waals surface area contributed by atoms with E-state index in [2.05, 4.69) is 40.9 Å². The Hall–Kier alpha value is -2.10. The molecule has 0 radical (unpaired) electrons. The van der Waals surface area contributed by atoms with Crippen molar-refractivity contribution >= 4 is 35.9 Å². The number of aryl methyl sites for hydroxylation is 2. The van der Waals surface area contributed by atoms with Crippen LogP contribution in [0.15, 0.2) is 35.3 Å². The van der Waals surface area contributed by atoms with Crippen molar-refractivity contribution in [3.63, 3.8) is 0 Å². The lowest BCUT2D eigenvalue weighted by molar-refractivity contribution is -0.143. The van der Waals surface area contributed by atoms with Crippen LogP contribution in [0.1, 0.15) is 43.6 Å². The van der Waals surface area contributed by atoms with Crippen molar-refractivity contribution < 1.29 is 9.53 Å². The van der Waals surface area contributed by atoms with Crippen LogP contribution >= 0.6 is 24.0 Å². The molecule has 0 aliphatic rings. The second kappa shape index (κ2) is 13.2. The average molecular weight is 513 g/mol. The number of para-hydroxylation sites is 1. The summed E-state index contributed by atoms with van der Waals surface area (Å²) in [5, 5.41) is 11.1. The summed E-state index contributed by atoms with van der Waals surface area (Å²) in [6.07, 6.45) is 1.10. The molecule has 160 valence electrons. The van der Waals surface area contributed by atoms with Gasteiger partial charge in [-0.1, -0.05) is 18.2 Å². The SMILES string of the molecule is CCNC(=NCc1ccccc1-n1nc(C)cc1C)NCCCC(=O)OCC.I. The minimum atomic E-state index is -0.162. The van der Waals surface area contributed by atoms with Crippen LogP contribution in [0.4, 0.5) is 0 Å². The molecule has 1 heterocycles. The van der Waals surface area contributed by atoms with Crippen LogP contribution in [-0.2, 0) is 16.1 Å². The molecule has 1 aromatic carbocycles. The largest absolute Gasteiger partial charge is 0.466 e. The molecule has 0 atom stereocenters. The van der Waals surface area contributed by atoms with E-state index in [-0.39, 0.29) is 29.9 Å². The summed E-state index contributed by atoms with van der Waals surface area (Å²) in [5.74, 6) is 0.569. The Morgan fingerprint density at radius 3 is 2.62 bits per heavy atom. The smallest absolute Gasteiger partial charge is 0.305 e. The van der Waals surface area contributed by atoms with Gasteiger partial charge < -0.3 is 15.4 Å². The number of nitrogens with zero attached hydrogens (tertiary/aromatic N) is 3. The second-order valence-corrected chi connectivity index (χ2v) is 6.50. The monoisotopic (exact) mass is 513 g/mol. The summed E-state index contributed by atoms with van der Waals surface area (Å²) in [6.45, 7) is 10.3. The van der Waals surface area contributed by atoms with Gasteiger partial charge in [0.05, 0.1) is 24.5 Å². The molecular weight excluding hydrogens is 481 g/mol. The first-order chi connectivity index (χ1) is 13.5. The average Bonchev–Trinajstić information content (AvgIpc) is 3.01. The quantitative estimate of drug-likeness (QED) is 0.176. The van der Waals surface area contributed by atoms with Gasteiger partial charge in [-0.2, -0.15) is 5.10 Å². The Balaban J connectivity index is 0.00000420. The molecule has 7 nitrogen and oxygen atoms in total. The van der Waals surface area contributed by atoms with E-state index in [0.29, 0.717) is 32.5 Å².